The molecule has 0 aliphatic carbocycles. The molecule has 0 aliphatic rings. The zero-order valence-electron chi connectivity index (χ0n) is 29.3. The third-order valence-corrected chi connectivity index (χ3v) is 8.71. The van der Waals surface area contributed by atoms with Crippen molar-refractivity contribution in [3.63, 3.8) is 0 Å². The monoisotopic (exact) mass is 673 g/mol. The van der Waals surface area contributed by atoms with Gasteiger partial charge in [0.2, 0.25) is 0 Å². The van der Waals surface area contributed by atoms with Crippen LogP contribution in [0.15, 0.2) is 133 Å². The molecule has 0 saturated carbocycles. The summed E-state index contributed by atoms with van der Waals surface area (Å²) in [7, 11) is 1.69. The molecule has 50 heavy (non-hydrogen) atoms. The standard InChI is InChI=1S/C44H51NO5/c1-47-41-24-21-36(22-25-41)27-30-48-29-14-3-2-13-28-45(32-37-15-7-4-8-16-37)33-42(46)40-23-26-43(49-34-38-17-9-5-10-18-38)44(31-40)50-35-39-19-11-6-12-20-39/h4-12,15-26,31,42,46H,2-3,13-14,27-30,32-35H2,1H3. The fraction of sp³-hybridized carbons (Fsp3) is 0.318. The Kier molecular flexibility index (Phi) is 15.2. The Morgan fingerprint density at radius 1 is 0.580 bits per heavy atom. The summed E-state index contributed by atoms with van der Waals surface area (Å²) in [5.41, 5.74) is 5.46. The van der Waals surface area contributed by atoms with Crippen LogP contribution in [0.5, 0.6) is 17.2 Å². The SMILES string of the molecule is COc1ccc(CCOCCCCCCN(Cc2ccccc2)CC(O)c2ccc(OCc3ccccc3)c(OCc3ccccc3)c2)cc1. The highest BCUT2D eigenvalue weighted by atomic mass is 16.5. The summed E-state index contributed by atoms with van der Waals surface area (Å²) >= 11 is 0. The summed E-state index contributed by atoms with van der Waals surface area (Å²) in [4.78, 5) is 2.36. The van der Waals surface area contributed by atoms with Gasteiger partial charge in [0.25, 0.3) is 0 Å². The van der Waals surface area contributed by atoms with Crippen molar-refractivity contribution in [2.45, 2.75) is 58.0 Å². The molecular formula is C44H51NO5. The molecule has 1 N–H and O–H groups in total. The van der Waals surface area contributed by atoms with Gasteiger partial charge in [-0.2, -0.15) is 0 Å². The maximum Gasteiger partial charge on any atom is 0.162 e. The first kappa shape index (κ1) is 36.7. The van der Waals surface area contributed by atoms with Crippen LogP contribution in [0.3, 0.4) is 0 Å². The van der Waals surface area contributed by atoms with Crippen LogP contribution in [0.2, 0.25) is 0 Å². The summed E-state index contributed by atoms with van der Waals surface area (Å²) in [6.45, 7) is 4.56. The van der Waals surface area contributed by atoms with E-state index in [9.17, 15) is 5.11 Å². The Labute approximate surface area is 298 Å². The zero-order valence-corrected chi connectivity index (χ0v) is 29.3. The molecule has 1 unspecified atom stereocenters. The van der Waals surface area contributed by atoms with Gasteiger partial charge in [0, 0.05) is 19.7 Å². The van der Waals surface area contributed by atoms with E-state index >= 15 is 0 Å². The molecule has 0 radical (unpaired) electrons. The van der Waals surface area contributed by atoms with Crippen LogP contribution in [0.1, 0.15) is 59.6 Å². The molecule has 0 bridgehead atoms. The molecule has 0 heterocycles. The van der Waals surface area contributed by atoms with Gasteiger partial charge in [-0.15, -0.1) is 0 Å². The topological polar surface area (TPSA) is 60.4 Å². The quantitative estimate of drug-likeness (QED) is 0.0740. The molecule has 6 heteroatoms. The average Bonchev–Trinajstić information content (AvgIpc) is 3.17. The fourth-order valence-electron chi connectivity index (χ4n) is 5.84. The third-order valence-electron chi connectivity index (χ3n) is 8.71. The third kappa shape index (κ3) is 12.7. The number of benzene rings is 5. The Morgan fingerprint density at radius 2 is 1.18 bits per heavy atom. The van der Waals surface area contributed by atoms with Crippen LogP contribution < -0.4 is 14.2 Å². The number of aliphatic hydroxyl groups excluding tert-OH is 1. The number of unbranched alkanes of at least 4 members (excludes halogenated alkanes) is 3. The van der Waals surface area contributed by atoms with E-state index in [1.54, 1.807) is 7.11 Å². The van der Waals surface area contributed by atoms with E-state index in [2.05, 4.69) is 41.3 Å². The Bertz CT molecular complexity index is 1630. The highest BCUT2D eigenvalue weighted by molar-refractivity contribution is 5.44. The zero-order chi connectivity index (χ0) is 34.6. The van der Waals surface area contributed by atoms with Gasteiger partial charge in [-0.25, -0.2) is 0 Å². The van der Waals surface area contributed by atoms with Crippen LogP contribution >= 0.6 is 0 Å². The minimum Gasteiger partial charge on any atom is -0.497 e. The van der Waals surface area contributed by atoms with Crippen molar-refractivity contribution >= 4 is 0 Å². The second kappa shape index (κ2) is 20.8. The van der Waals surface area contributed by atoms with Gasteiger partial charge in [-0.3, -0.25) is 4.90 Å². The lowest BCUT2D eigenvalue weighted by Gasteiger charge is -2.26. The van der Waals surface area contributed by atoms with E-state index in [0.717, 1.165) is 80.8 Å². The minimum absolute atomic E-state index is 0.413. The Hall–Kier alpha value is -4.62. The first-order valence-corrected chi connectivity index (χ1v) is 17.8. The number of rotatable bonds is 22. The van der Waals surface area contributed by atoms with E-state index in [0.29, 0.717) is 31.3 Å². The molecular weight excluding hydrogens is 622 g/mol. The summed E-state index contributed by atoms with van der Waals surface area (Å²) in [6, 6.07) is 44.7. The molecule has 0 aliphatic heterocycles. The van der Waals surface area contributed by atoms with Crippen molar-refractivity contribution in [1.82, 2.24) is 4.90 Å². The van der Waals surface area contributed by atoms with Gasteiger partial charge in [0.15, 0.2) is 11.5 Å². The Balaban J connectivity index is 1.13. The molecule has 0 spiro atoms. The van der Waals surface area contributed by atoms with Crippen LogP contribution in [-0.2, 0) is 30.9 Å². The van der Waals surface area contributed by atoms with E-state index in [1.165, 1.54) is 11.1 Å². The summed E-state index contributed by atoms with van der Waals surface area (Å²) in [5.74, 6) is 2.16. The molecule has 5 aromatic rings. The molecule has 0 fully saturated rings. The second-order valence-electron chi connectivity index (χ2n) is 12.6. The molecule has 5 rings (SSSR count). The van der Waals surface area contributed by atoms with Gasteiger partial charge in [0.05, 0.1) is 19.8 Å². The molecule has 1 atom stereocenters. The largest absolute Gasteiger partial charge is 0.497 e. The van der Waals surface area contributed by atoms with Gasteiger partial charge in [-0.05, 0) is 77.9 Å². The van der Waals surface area contributed by atoms with Crippen LogP contribution in [0, 0.1) is 0 Å². The highest BCUT2D eigenvalue weighted by Gasteiger charge is 2.17. The van der Waals surface area contributed by atoms with Crippen LogP contribution in [0.25, 0.3) is 0 Å². The van der Waals surface area contributed by atoms with Crippen molar-refractivity contribution in [3.05, 3.63) is 161 Å². The summed E-state index contributed by atoms with van der Waals surface area (Å²) < 4.78 is 23.6. The smallest absolute Gasteiger partial charge is 0.162 e. The minimum atomic E-state index is -0.680. The number of ether oxygens (including phenoxy) is 4. The highest BCUT2D eigenvalue weighted by Crippen LogP contribution is 2.32. The van der Waals surface area contributed by atoms with Crippen LogP contribution in [-0.4, -0.2) is 43.4 Å². The first-order valence-electron chi connectivity index (χ1n) is 17.8. The lowest BCUT2D eigenvalue weighted by atomic mass is 10.1. The van der Waals surface area contributed by atoms with Crippen molar-refractivity contribution in [1.29, 1.82) is 0 Å². The molecule has 0 aromatic heterocycles. The average molecular weight is 674 g/mol. The van der Waals surface area contributed by atoms with Crippen molar-refractivity contribution in [3.8, 4) is 17.2 Å². The van der Waals surface area contributed by atoms with E-state index in [1.807, 2.05) is 97.1 Å². The normalized spacial score (nSPS) is 11.7. The van der Waals surface area contributed by atoms with E-state index in [4.69, 9.17) is 18.9 Å². The maximum absolute atomic E-state index is 11.5. The van der Waals surface area contributed by atoms with Crippen LogP contribution in [0.4, 0.5) is 0 Å². The number of nitrogens with zero attached hydrogens (tertiary/aromatic N) is 1. The summed E-state index contributed by atoms with van der Waals surface area (Å²) in [6.07, 6.45) is 4.58. The van der Waals surface area contributed by atoms with Gasteiger partial charge in [-0.1, -0.05) is 122 Å². The van der Waals surface area contributed by atoms with Gasteiger partial charge in [0.1, 0.15) is 19.0 Å². The second-order valence-corrected chi connectivity index (χ2v) is 12.6. The molecule has 262 valence electrons. The predicted molar refractivity (Wildman–Crippen MR) is 201 cm³/mol. The summed E-state index contributed by atoms with van der Waals surface area (Å²) in [5, 5.41) is 11.5. The lowest BCUT2D eigenvalue weighted by molar-refractivity contribution is 0.106. The van der Waals surface area contributed by atoms with E-state index in [-0.39, 0.29) is 0 Å². The molecule has 6 nitrogen and oxygen atoms in total. The number of hydrogen-bond donors (Lipinski definition) is 1. The fourth-order valence-corrected chi connectivity index (χ4v) is 5.84. The number of methoxy groups -OCH3 is 1. The first-order chi connectivity index (χ1) is 24.7. The van der Waals surface area contributed by atoms with Crippen molar-refractivity contribution in [2.24, 2.45) is 0 Å². The van der Waals surface area contributed by atoms with E-state index < -0.39 is 6.10 Å². The molecule has 0 amide bonds. The Morgan fingerprint density at radius 3 is 1.82 bits per heavy atom. The van der Waals surface area contributed by atoms with Crippen molar-refractivity contribution in [2.75, 3.05) is 33.4 Å². The number of aliphatic hydroxyl groups is 1. The number of hydrogen-bond acceptors (Lipinski definition) is 6. The predicted octanol–water partition coefficient (Wildman–Crippen LogP) is 9.21. The van der Waals surface area contributed by atoms with Gasteiger partial charge >= 0.3 is 0 Å². The van der Waals surface area contributed by atoms with Gasteiger partial charge < -0.3 is 24.1 Å². The molecule has 5 aromatic carbocycles. The maximum atomic E-state index is 11.5. The molecule has 0 saturated heterocycles. The van der Waals surface area contributed by atoms with Crippen molar-refractivity contribution < 1.29 is 24.1 Å². The lowest BCUT2D eigenvalue weighted by Crippen LogP contribution is -2.29.